The van der Waals surface area contributed by atoms with Crippen LogP contribution in [0.4, 0.5) is 0 Å². The first kappa shape index (κ1) is 10.9. The Kier molecular flexibility index (Phi) is 3.41. The number of ether oxygens (including phenoxy) is 1. The van der Waals surface area contributed by atoms with E-state index < -0.39 is 5.97 Å². The molecule has 1 aromatic rings. The molecule has 74 valence electrons. The van der Waals surface area contributed by atoms with Crippen LogP contribution < -0.4 is 0 Å². The van der Waals surface area contributed by atoms with Crippen LogP contribution in [0.1, 0.15) is 27.6 Å². The maximum absolute atomic E-state index is 11.2. The van der Waals surface area contributed by atoms with Crippen molar-refractivity contribution >= 4 is 27.7 Å². The normalized spacial score (nSPS) is 9.64. The fraction of sp³-hybridized carbons (Fsp3) is 0.200. The number of methoxy groups -OCH3 is 1. The number of Topliss-reactive ketones (excluding diaryl/α,β-unsaturated/α-hetero) is 1. The molecule has 0 spiro atoms. The van der Waals surface area contributed by atoms with Gasteiger partial charge in [0.15, 0.2) is 5.78 Å². The molecule has 0 fully saturated rings. The van der Waals surface area contributed by atoms with Crippen molar-refractivity contribution in [2.24, 2.45) is 0 Å². The topological polar surface area (TPSA) is 43.4 Å². The summed E-state index contributed by atoms with van der Waals surface area (Å²) in [5, 5.41) is 0. The largest absolute Gasteiger partial charge is 0.465 e. The quantitative estimate of drug-likeness (QED) is 0.603. The van der Waals surface area contributed by atoms with Gasteiger partial charge in [0.05, 0.1) is 12.7 Å². The summed E-state index contributed by atoms with van der Waals surface area (Å²) in [6.45, 7) is 1.45. The maximum Gasteiger partial charge on any atom is 0.337 e. The Hall–Kier alpha value is -1.16. The average molecular weight is 257 g/mol. The lowest BCUT2D eigenvalue weighted by molar-refractivity contribution is 0.0600. The van der Waals surface area contributed by atoms with Crippen molar-refractivity contribution in [3.05, 3.63) is 33.8 Å². The molecule has 0 unspecified atom stereocenters. The molecule has 0 N–H and O–H groups in total. The van der Waals surface area contributed by atoms with Crippen molar-refractivity contribution < 1.29 is 14.3 Å². The Morgan fingerprint density at radius 2 is 1.79 bits per heavy atom. The van der Waals surface area contributed by atoms with Gasteiger partial charge in [0, 0.05) is 10.0 Å². The summed E-state index contributed by atoms with van der Waals surface area (Å²) in [7, 11) is 1.30. The molecule has 0 aromatic heterocycles. The smallest absolute Gasteiger partial charge is 0.337 e. The first-order valence-electron chi connectivity index (χ1n) is 3.94. The van der Waals surface area contributed by atoms with E-state index in [0.717, 1.165) is 0 Å². The van der Waals surface area contributed by atoms with Gasteiger partial charge in [-0.3, -0.25) is 4.79 Å². The van der Waals surface area contributed by atoms with Gasteiger partial charge in [-0.2, -0.15) is 0 Å². The number of hydrogen-bond donors (Lipinski definition) is 0. The van der Waals surface area contributed by atoms with E-state index in [2.05, 4.69) is 20.7 Å². The van der Waals surface area contributed by atoms with Gasteiger partial charge in [-0.1, -0.05) is 15.9 Å². The zero-order chi connectivity index (χ0) is 10.7. The molecule has 0 saturated heterocycles. The van der Waals surface area contributed by atoms with Gasteiger partial charge in [0.25, 0.3) is 0 Å². The van der Waals surface area contributed by atoms with Gasteiger partial charge < -0.3 is 4.74 Å². The molecule has 0 aliphatic carbocycles. The summed E-state index contributed by atoms with van der Waals surface area (Å²) in [4.78, 5) is 22.3. The Morgan fingerprint density at radius 3 is 2.29 bits per heavy atom. The van der Waals surface area contributed by atoms with Crippen LogP contribution in [0.3, 0.4) is 0 Å². The van der Waals surface area contributed by atoms with Gasteiger partial charge in [-0.05, 0) is 25.1 Å². The summed E-state index contributed by atoms with van der Waals surface area (Å²) in [6, 6.07) is 4.78. The van der Waals surface area contributed by atoms with Crippen molar-refractivity contribution in [3.8, 4) is 0 Å². The van der Waals surface area contributed by atoms with E-state index in [1.165, 1.54) is 20.1 Å². The van der Waals surface area contributed by atoms with Crippen molar-refractivity contribution in [1.82, 2.24) is 0 Å². The number of hydrogen-bond acceptors (Lipinski definition) is 3. The lowest BCUT2D eigenvalue weighted by Crippen LogP contribution is -2.03. The Labute approximate surface area is 90.2 Å². The number of esters is 1. The zero-order valence-electron chi connectivity index (χ0n) is 7.83. The number of carbonyl (C=O) groups is 2. The molecule has 0 heterocycles. The van der Waals surface area contributed by atoms with E-state index in [1.807, 2.05) is 0 Å². The number of benzene rings is 1. The molecule has 14 heavy (non-hydrogen) atoms. The van der Waals surface area contributed by atoms with Crippen LogP contribution in [0.15, 0.2) is 22.7 Å². The third-order valence-electron chi connectivity index (χ3n) is 1.73. The van der Waals surface area contributed by atoms with E-state index in [-0.39, 0.29) is 5.78 Å². The molecule has 0 saturated carbocycles. The number of rotatable bonds is 2. The lowest BCUT2D eigenvalue weighted by atomic mass is 10.1. The van der Waals surface area contributed by atoms with Crippen LogP contribution in [-0.4, -0.2) is 18.9 Å². The van der Waals surface area contributed by atoms with Crippen molar-refractivity contribution in [2.75, 3.05) is 7.11 Å². The molecule has 0 aliphatic heterocycles. The van der Waals surface area contributed by atoms with Crippen LogP contribution >= 0.6 is 15.9 Å². The summed E-state index contributed by atoms with van der Waals surface area (Å²) in [5.74, 6) is -0.537. The van der Waals surface area contributed by atoms with Gasteiger partial charge in [-0.25, -0.2) is 4.79 Å². The highest BCUT2D eigenvalue weighted by atomic mass is 79.9. The van der Waals surface area contributed by atoms with Crippen LogP contribution in [-0.2, 0) is 4.74 Å². The van der Waals surface area contributed by atoms with Crippen LogP contribution in [0.25, 0.3) is 0 Å². The van der Waals surface area contributed by atoms with Crippen molar-refractivity contribution in [1.29, 1.82) is 0 Å². The molecule has 3 nitrogen and oxygen atoms in total. The summed E-state index contributed by atoms with van der Waals surface area (Å²) in [5.41, 5.74) is 0.854. The highest BCUT2D eigenvalue weighted by molar-refractivity contribution is 9.10. The van der Waals surface area contributed by atoms with Gasteiger partial charge >= 0.3 is 5.97 Å². The minimum atomic E-state index is -0.450. The standard InChI is InChI=1S/C10H9BrO3/c1-6(12)7-3-8(10(13)14-2)5-9(11)4-7/h3-5H,1-2H3. The molecule has 0 amide bonds. The summed E-state index contributed by atoms with van der Waals surface area (Å²) in [6.07, 6.45) is 0. The predicted octanol–water partition coefficient (Wildman–Crippen LogP) is 2.44. The SMILES string of the molecule is COC(=O)c1cc(Br)cc(C(C)=O)c1. The third kappa shape index (κ3) is 2.42. The minimum absolute atomic E-state index is 0.0866. The minimum Gasteiger partial charge on any atom is -0.465 e. The Balaban J connectivity index is 3.20. The number of carbonyl (C=O) groups excluding carboxylic acids is 2. The zero-order valence-corrected chi connectivity index (χ0v) is 9.42. The first-order valence-corrected chi connectivity index (χ1v) is 4.73. The van der Waals surface area contributed by atoms with E-state index in [0.29, 0.717) is 15.6 Å². The molecular weight excluding hydrogens is 248 g/mol. The molecule has 0 atom stereocenters. The van der Waals surface area contributed by atoms with E-state index in [9.17, 15) is 9.59 Å². The van der Waals surface area contributed by atoms with Crippen LogP contribution in [0, 0.1) is 0 Å². The molecular formula is C10H9BrO3. The van der Waals surface area contributed by atoms with Crippen molar-refractivity contribution in [3.63, 3.8) is 0 Å². The van der Waals surface area contributed by atoms with Crippen molar-refractivity contribution in [2.45, 2.75) is 6.92 Å². The Morgan fingerprint density at radius 1 is 1.21 bits per heavy atom. The van der Waals surface area contributed by atoms with E-state index >= 15 is 0 Å². The second-order valence-corrected chi connectivity index (χ2v) is 3.69. The van der Waals surface area contributed by atoms with E-state index in [4.69, 9.17) is 0 Å². The maximum atomic E-state index is 11.2. The molecule has 4 heteroatoms. The third-order valence-corrected chi connectivity index (χ3v) is 2.18. The summed E-state index contributed by atoms with van der Waals surface area (Å²) >= 11 is 3.22. The summed E-state index contributed by atoms with van der Waals surface area (Å²) < 4.78 is 5.24. The van der Waals surface area contributed by atoms with Gasteiger partial charge in [0.2, 0.25) is 0 Å². The number of halogens is 1. The fourth-order valence-electron chi connectivity index (χ4n) is 1.03. The second kappa shape index (κ2) is 4.37. The highest BCUT2D eigenvalue weighted by Crippen LogP contribution is 2.16. The van der Waals surface area contributed by atoms with E-state index in [1.54, 1.807) is 12.1 Å². The Bertz CT molecular complexity index is 385. The lowest BCUT2D eigenvalue weighted by Gasteiger charge is -2.02. The van der Waals surface area contributed by atoms with Crippen LogP contribution in [0.2, 0.25) is 0 Å². The van der Waals surface area contributed by atoms with Gasteiger partial charge in [-0.15, -0.1) is 0 Å². The molecule has 0 bridgehead atoms. The predicted molar refractivity (Wildman–Crippen MR) is 55.5 cm³/mol. The fourth-order valence-corrected chi connectivity index (χ4v) is 1.52. The highest BCUT2D eigenvalue weighted by Gasteiger charge is 2.09. The molecule has 1 rings (SSSR count). The molecule has 0 radical (unpaired) electrons. The second-order valence-electron chi connectivity index (χ2n) is 2.78. The number of ketones is 1. The monoisotopic (exact) mass is 256 g/mol. The molecule has 1 aromatic carbocycles. The van der Waals surface area contributed by atoms with Crippen LogP contribution in [0.5, 0.6) is 0 Å². The van der Waals surface area contributed by atoms with Gasteiger partial charge in [0.1, 0.15) is 0 Å². The average Bonchev–Trinajstić information content (AvgIpc) is 2.15. The first-order chi connectivity index (χ1) is 6.54. The molecule has 0 aliphatic rings.